The van der Waals surface area contributed by atoms with E-state index >= 15 is 0 Å². The first kappa shape index (κ1) is 31.0. The Morgan fingerprint density at radius 1 is 0.647 bits per heavy atom. The van der Waals surface area contributed by atoms with Crippen LogP contribution in [0.25, 0.3) is 0 Å². The molecule has 0 spiro atoms. The molecule has 1 aliphatic rings. The fourth-order valence-electron chi connectivity index (χ4n) is 5.19. The van der Waals surface area contributed by atoms with Crippen LogP contribution in [0.3, 0.4) is 0 Å². The van der Waals surface area contributed by atoms with Crippen molar-refractivity contribution in [2.45, 2.75) is 155 Å². The quantitative estimate of drug-likeness (QED) is 0.111. The molecule has 1 unspecified atom stereocenters. The van der Waals surface area contributed by atoms with E-state index in [1.165, 1.54) is 128 Å². The summed E-state index contributed by atoms with van der Waals surface area (Å²) in [4.78, 5) is 14.2. The Kier molecular flexibility index (Phi) is 19.4. The van der Waals surface area contributed by atoms with Crippen molar-refractivity contribution < 1.29 is 14.4 Å². The molecular formula is C30H59N2O2+. The lowest BCUT2D eigenvalue weighted by Crippen LogP contribution is -2.49. The van der Waals surface area contributed by atoms with Crippen LogP contribution in [-0.4, -0.2) is 40.3 Å². The number of carboxylic acid groups (broad SMARTS) is 1. The molecule has 1 amide bonds. The number of hydrogen-bond acceptors (Lipinski definition) is 2. The highest BCUT2D eigenvalue weighted by molar-refractivity contribution is 5.57. The molecule has 0 fully saturated rings. The molecule has 0 radical (unpaired) electrons. The summed E-state index contributed by atoms with van der Waals surface area (Å²) in [6.45, 7) is 6.86. The van der Waals surface area contributed by atoms with Gasteiger partial charge in [0.25, 0.3) is 0 Å². The third kappa shape index (κ3) is 15.1. The first-order chi connectivity index (χ1) is 16.6. The van der Waals surface area contributed by atoms with Gasteiger partial charge in [0, 0.05) is 6.54 Å². The van der Waals surface area contributed by atoms with Crippen molar-refractivity contribution in [3.63, 3.8) is 0 Å². The van der Waals surface area contributed by atoms with Crippen LogP contribution in [0.15, 0.2) is 12.4 Å². The van der Waals surface area contributed by atoms with Crippen LogP contribution in [0, 0.1) is 0 Å². The molecule has 0 aromatic rings. The molecule has 1 aliphatic heterocycles. The van der Waals surface area contributed by atoms with Gasteiger partial charge < -0.3 is 10.0 Å². The van der Waals surface area contributed by atoms with Crippen LogP contribution in [0.2, 0.25) is 0 Å². The highest BCUT2D eigenvalue weighted by Crippen LogP contribution is 2.22. The van der Waals surface area contributed by atoms with Gasteiger partial charge >= 0.3 is 6.09 Å². The van der Waals surface area contributed by atoms with Crippen molar-refractivity contribution in [3.05, 3.63) is 12.4 Å². The van der Waals surface area contributed by atoms with Crippen LogP contribution in [0.5, 0.6) is 0 Å². The van der Waals surface area contributed by atoms with Crippen molar-refractivity contribution in [1.82, 2.24) is 4.90 Å². The Morgan fingerprint density at radius 3 is 1.44 bits per heavy atom. The Balaban J connectivity index is 1.94. The molecule has 1 heterocycles. The number of nitrogens with zero attached hydrogens (tertiary/aromatic N) is 2. The molecule has 0 aromatic heterocycles. The molecule has 200 valence electrons. The highest BCUT2D eigenvalue weighted by atomic mass is 16.4. The second-order valence-electron chi connectivity index (χ2n) is 10.9. The third-order valence-corrected chi connectivity index (χ3v) is 7.59. The summed E-state index contributed by atoms with van der Waals surface area (Å²) in [7, 11) is 0. The number of amides is 1. The predicted molar refractivity (Wildman–Crippen MR) is 147 cm³/mol. The number of hydrogen-bond donors (Lipinski definition) is 1. The smallest absolute Gasteiger partial charge is 0.435 e. The Hall–Kier alpha value is -1.03. The lowest BCUT2D eigenvalue weighted by molar-refractivity contribution is -0.808. The second kappa shape index (κ2) is 21.3. The minimum atomic E-state index is -0.695. The van der Waals surface area contributed by atoms with Gasteiger partial charge in [-0.15, -0.1) is 0 Å². The summed E-state index contributed by atoms with van der Waals surface area (Å²) in [5, 5.41) is 9.83. The molecule has 4 nitrogen and oxygen atoms in total. The maximum atomic E-state index is 12.0. The second-order valence-corrected chi connectivity index (χ2v) is 10.9. The molecule has 0 aromatic carbocycles. The van der Waals surface area contributed by atoms with Gasteiger partial charge in [-0.2, -0.15) is 9.28 Å². The van der Waals surface area contributed by atoms with Gasteiger partial charge in [0.1, 0.15) is 6.20 Å². The molecule has 0 aliphatic carbocycles. The molecule has 1 rings (SSSR count). The van der Waals surface area contributed by atoms with Gasteiger partial charge in [-0.05, 0) is 19.3 Å². The standard InChI is InChI=1S/C30H58N2O2/c1-3-5-7-9-11-12-13-14-15-16-17-18-19-20-21-23-25-31-26-28-32(29-31,30(33)34)27-24-22-10-8-6-4-2/h26,28H,3-25,27,29H2,1-2H3/p+1. The molecular weight excluding hydrogens is 420 g/mol. The molecule has 0 bridgehead atoms. The van der Waals surface area contributed by atoms with E-state index in [1.54, 1.807) is 0 Å². The number of rotatable bonds is 24. The Labute approximate surface area is 212 Å². The van der Waals surface area contributed by atoms with E-state index in [-0.39, 0.29) is 4.48 Å². The van der Waals surface area contributed by atoms with Crippen molar-refractivity contribution in [2.24, 2.45) is 0 Å². The van der Waals surface area contributed by atoms with E-state index in [0.29, 0.717) is 6.67 Å². The maximum absolute atomic E-state index is 12.0. The predicted octanol–water partition coefficient (Wildman–Crippen LogP) is 9.85. The first-order valence-corrected chi connectivity index (χ1v) is 15.2. The topological polar surface area (TPSA) is 40.5 Å². The molecule has 4 heteroatoms. The maximum Gasteiger partial charge on any atom is 0.519 e. The van der Waals surface area contributed by atoms with E-state index in [0.717, 1.165) is 25.9 Å². The number of quaternary nitrogens is 1. The van der Waals surface area contributed by atoms with Crippen LogP contribution in [0.4, 0.5) is 4.79 Å². The van der Waals surface area contributed by atoms with Crippen molar-refractivity contribution in [1.29, 1.82) is 0 Å². The Bertz CT molecular complexity index is 508. The summed E-state index contributed by atoms with van der Waals surface area (Å²) in [6.07, 6.45) is 32.7. The van der Waals surface area contributed by atoms with Crippen LogP contribution >= 0.6 is 0 Å². The lowest BCUT2D eigenvalue weighted by Gasteiger charge is -2.27. The van der Waals surface area contributed by atoms with E-state index < -0.39 is 6.09 Å². The van der Waals surface area contributed by atoms with E-state index in [9.17, 15) is 9.90 Å². The number of unbranched alkanes of at least 4 members (excludes halogenated alkanes) is 20. The van der Waals surface area contributed by atoms with Gasteiger partial charge in [0.15, 0.2) is 6.67 Å². The fourth-order valence-corrected chi connectivity index (χ4v) is 5.19. The van der Waals surface area contributed by atoms with Gasteiger partial charge in [-0.3, -0.25) is 0 Å². The average Bonchev–Trinajstić information content (AvgIpc) is 3.25. The highest BCUT2D eigenvalue weighted by Gasteiger charge is 2.39. The minimum Gasteiger partial charge on any atom is -0.435 e. The molecule has 0 saturated heterocycles. The monoisotopic (exact) mass is 479 g/mol. The largest absolute Gasteiger partial charge is 0.519 e. The van der Waals surface area contributed by atoms with Crippen molar-refractivity contribution in [3.8, 4) is 0 Å². The molecule has 0 saturated carbocycles. The molecule has 34 heavy (non-hydrogen) atoms. The Morgan fingerprint density at radius 2 is 1.03 bits per heavy atom. The number of carbonyl (C=O) groups is 1. The average molecular weight is 480 g/mol. The van der Waals surface area contributed by atoms with E-state index in [1.807, 2.05) is 12.4 Å². The SMILES string of the molecule is CCCCCCCCCCCCCCCCCCN1C=C[N+](CCCCCCCC)(C(=O)O)C1. The lowest BCUT2D eigenvalue weighted by atomic mass is 10.0. The van der Waals surface area contributed by atoms with Gasteiger partial charge in [0.05, 0.1) is 12.7 Å². The van der Waals surface area contributed by atoms with Crippen molar-refractivity contribution >= 4 is 6.09 Å². The minimum absolute atomic E-state index is 0.104. The summed E-state index contributed by atoms with van der Waals surface area (Å²) in [6, 6.07) is 0. The van der Waals surface area contributed by atoms with Crippen molar-refractivity contribution in [2.75, 3.05) is 19.8 Å². The molecule has 1 N–H and O–H groups in total. The third-order valence-electron chi connectivity index (χ3n) is 7.59. The van der Waals surface area contributed by atoms with Crippen LogP contribution in [0.1, 0.15) is 155 Å². The van der Waals surface area contributed by atoms with Gasteiger partial charge in [-0.1, -0.05) is 136 Å². The van der Waals surface area contributed by atoms with E-state index in [2.05, 4.69) is 18.7 Å². The fraction of sp³-hybridized carbons (Fsp3) is 0.900. The van der Waals surface area contributed by atoms with Crippen LogP contribution < -0.4 is 0 Å². The summed E-state index contributed by atoms with van der Waals surface area (Å²) in [5.74, 6) is 0. The first-order valence-electron chi connectivity index (χ1n) is 15.2. The van der Waals surface area contributed by atoms with E-state index in [4.69, 9.17) is 0 Å². The van der Waals surface area contributed by atoms with Crippen LogP contribution in [-0.2, 0) is 0 Å². The summed E-state index contributed by atoms with van der Waals surface area (Å²) in [5.41, 5.74) is 0. The summed E-state index contributed by atoms with van der Waals surface area (Å²) < 4.78 is 0.104. The van der Waals surface area contributed by atoms with Gasteiger partial charge in [-0.25, -0.2) is 0 Å². The zero-order valence-corrected chi connectivity index (χ0v) is 23.1. The van der Waals surface area contributed by atoms with Gasteiger partial charge in [0.2, 0.25) is 0 Å². The summed E-state index contributed by atoms with van der Waals surface area (Å²) >= 11 is 0. The zero-order chi connectivity index (χ0) is 24.7. The zero-order valence-electron chi connectivity index (χ0n) is 23.1. The molecule has 1 atom stereocenters. The normalized spacial score (nSPS) is 17.6.